The van der Waals surface area contributed by atoms with Crippen LogP contribution in [0.25, 0.3) is 11.3 Å². The molecule has 4 heterocycles. The van der Waals surface area contributed by atoms with Gasteiger partial charge in [0.15, 0.2) is 0 Å². The molecule has 1 aromatic carbocycles. The second kappa shape index (κ2) is 12.3. The number of aromatic nitrogens is 3. The molecule has 5 rings (SSSR count). The van der Waals surface area contributed by atoms with Crippen LogP contribution in [0.2, 0.25) is 0 Å². The van der Waals surface area contributed by atoms with Crippen LogP contribution in [0.3, 0.4) is 0 Å². The van der Waals surface area contributed by atoms with E-state index in [0.717, 1.165) is 55.0 Å². The minimum absolute atomic E-state index is 0.258. The maximum atomic E-state index is 13.0. The van der Waals surface area contributed by atoms with Gasteiger partial charge < -0.3 is 14.9 Å². The smallest absolute Gasteiger partial charge is 0.222 e. The normalized spacial score (nSPS) is 16.3. The van der Waals surface area contributed by atoms with Gasteiger partial charge in [0.05, 0.1) is 5.69 Å². The van der Waals surface area contributed by atoms with Crippen molar-refractivity contribution in [2.24, 2.45) is 0 Å². The lowest BCUT2D eigenvalue weighted by Gasteiger charge is -2.34. The number of aliphatic hydroxyl groups excluding tert-OH is 1. The van der Waals surface area contributed by atoms with Crippen molar-refractivity contribution < 1.29 is 14.3 Å². The first kappa shape index (κ1) is 25.4. The number of carbonyl (C=O) groups is 1. The van der Waals surface area contributed by atoms with Crippen LogP contribution in [0.5, 0.6) is 0 Å². The summed E-state index contributed by atoms with van der Waals surface area (Å²) in [5.74, 6) is 2.72. The Morgan fingerprint density at radius 1 is 1.08 bits per heavy atom. The molecule has 2 aliphatic rings. The van der Waals surface area contributed by atoms with Gasteiger partial charge in [-0.05, 0) is 81.2 Å². The van der Waals surface area contributed by atoms with E-state index in [2.05, 4.69) is 32.9 Å². The predicted molar refractivity (Wildman–Crippen MR) is 136 cm³/mol. The molecule has 0 bridgehead atoms. The average Bonchev–Trinajstić information content (AvgIpc) is 3.51. The van der Waals surface area contributed by atoms with Gasteiger partial charge in [0.25, 0.3) is 0 Å². The van der Waals surface area contributed by atoms with Crippen LogP contribution in [-0.2, 0) is 17.8 Å². The highest BCUT2D eigenvalue weighted by atomic mass is 19.1. The van der Waals surface area contributed by atoms with Gasteiger partial charge in [-0.2, -0.15) is 5.10 Å². The van der Waals surface area contributed by atoms with E-state index in [1.165, 1.54) is 25.0 Å². The van der Waals surface area contributed by atoms with Crippen molar-refractivity contribution in [1.82, 2.24) is 24.6 Å². The van der Waals surface area contributed by atoms with Crippen LogP contribution < -0.4 is 0 Å². The molecule has 1 amide bonds. The summed E-state index contributed by atoms with van der Waals surface area (Å²) in [4.78, 5) is 19.9. The lowest BCUT2D eigenvalue weighted by atomic mass is 10.0. The van der Waals surface area contributed by atoms with Gasteiger partial charge in [0, 0.05) is 49.1 Å². The number of pyridine rings is 1. The lowest BCUT2D eigenvalue weighted by molar-refractivity contribution is -0.130. The fourth-order valence-corrected chi connectivity index (χ4v) is 4.68. The van der Waals surface area contributed by atoms with E-state index < -0.39 is 0 Å². The number of benzene rings is 1. The monoisotopic (exact) mass is 489 g/mol. The molecule has 1 N–H and O–H groups in total. The molecule has 2 aliphatic heterocycles. The Kier molecular flexibility index (Phi) is 8.69. The molecule has 0 saturated carbocycles. The van der Waals surface area contributed by atoms with E-state index in [1.54, 1.807) is 29.2 Å². The highest BCUT2D eigenvalue weighted by Crippen LogP contribution is 2.22. The van der Waals surface area contributed by atoms with Crippen LogP contribution in [0.15, 0.2) is 54.9 Å². The standard InChI is InChI=1S/C18H14FN3O.C10H18N2O/c19-16-4-2-14(3-5-16)12-17-13-18(15-6-8-20-9-7-15)21-22(17)10-1-11-23;1-11-7-4-9(5-8-11)12-6-2-3-10(12)13/h2-9,13,23H,10,12H2;9H,2-8H2,1H3. The summed E-state index contributed by atoms with van der Waals surface area (Å²) < 4.78 is 14.8. The Morgan fingerprint density at radius 3 is 2.44 bits per heavy atom. The molecule has 0 unspecified atom stereocenters. The van der Waals surface area contributed by atoms with Gasteiger partial charge in [-0.15, -0.1) is 0 Å². The number of likely N-dealkylation sites (tertiary alicyclic amines) is 2. The molecule has 2 aromatic heterocycles. The van der Waals surface area contributed by atoms with Crippen LogP contribution in [0.4, 0.5) is 4.39 Å². The van der Waals surface area contributed by atoms with Crippen molar-refractivity contribution in [2.45, 2.75) is 44.7 Å². The second-order valence-electron chi connectivity index (χ2n) is 9.23. The zero-order valence-corrected chi connectivity index (χ0v) is 20.6. The lowest BCUT2D eigenvalue weighted by Crippen LogP contribution is -2.44. The molecule has 3 aromatic rings. The van der Waals surface area contributed by atoms with Crippen molar-refractivity contribution in [3.8, 4) is 23.3 Å². The number of hydrogen-bond donors (Lipinski definition) is 1. The molecule has 36 heavy (non-hydrogen) atoms. The number of piperidine rings is 1. The molecule has 0 spiro atoms. The zero-order valence-electron chi connectivity index (χ0n) is 20.6. The fraction of sp³-hybridized carbons (Fsp3) is 0.393. The molecule has 188 valence electrons. The first-order valence-corrected chi connectivity index (χ1v) is 12.3. The van der Waals surface area contributed by atoms with Gasteiger partial charge in [-0.3, -0.25) is 14.5 Å². The molecule has 8 heteroatoms. The summed E-state index contributed by atoms with van der Waals surface area (Å²) in [7, 11) is 2.15. The van der Waals surface area contributed by atoms with Crippen molar-refractivity contribution in [3.05, 3.63) is 71.9 Å². The summed E-state index contributed by atoms with van der Waals surface area (Å²) in [6.07, 6.45) is 10.1. The van der Waals surface area contributed by atoms with Crippen LogP contribution >= 0.6 is 0 Å². The van der Waals surface area contributed by atoms with Crippen molar-refractivity contribution in [2.75, 3.05) is 26.7 Å². The molecular formula is C28H32FN5O2. The summed E-state index contributed by atoms with van der Waals surface area (Å²) in [5.41, 5.74) is 3.68. The molecule has 0 radical (unpaired) electrons. The Morgan fingerprint density at radius 2 is 1.81 bits per heavy atom. The zero-order chi connectivity index (χ0) is 25.3. The number of carbonyl (C=O) groups excluding carboxylic acids is 1. The topological polar surface area (TPSA) is 74.5 Å². The first-order chi connectivity index (χ1) is 17.5. The van der Waals surface area contributed by atoms with Crippen LogP contribution in [0.1, 0.15) is 36.9 Å². The molecule has 2 saturated heterocycles. The number of rotatable bonds is 5. The van der Waals surface area contributed by atoms with E-state index >= 15 is 0 Å². The third kappa shape index (κ3) is 6.70. The van der Waals surface area contributed by atoms with Gasteiger partial charge in [0.1, 0.15) is 18.5 Å². The van der Waals surface area contributed by atoms with Gasteiger partial charge in [-0.25, -0.2) is 4.39 Å². The Bertz CT molecular complexity index is 1190. The third-order valence-electron chi connectivity index (χ3n) is 6.68. The second-order valence-corrected chi connectivity index (χ2v) is 9.23. The Hall–Kier alpha value is -3.70. The van der Waals surface area contributed by atoms with E-state index in [9.17, 15) is 9.18 Å². The molecule has 0 atom stereocenters. The average molecular weight is 490 g/mol. The van der Waals surface area contributed by atoms with Gasteiger partial charge in [-0.1, -0.05) is 12.1 Å². The number of aliphatic hydroxyl groups is 1. The minimum atomic E-state index is -0.258. The number of amides is 1. The summed E-state index contributed by atoms with van der Waals surface area (Å²) >= 11 is 0. The Labute approximate surface area is 211 Å². The van der Waals surface area contributed by atoms with E-state index in [1.807, 2.05) is 24.3 Å². The third-order valence-corrected chi connectivity index (χ3v) is 6.68. The van der Waals surface area contributed by atoms with Crippen LogP contribution in [0, 0.1) is 17.8 Å². The van der Waals surface area contributed by atoms with E-state index in [4.69, 9.17) is 5.11 Å². The number of halogens is 1. The predicted octanol–water partition coefficient (Wildman–Crippen LogP) is 3.71. The SMILES string of the molecule is CN1CCC(N2CCCC2=O)CC1.OC#CCn1nc(-c2ccncc2)cc1Cc1ccc(F)cc1. The highest BCUT2D eigenvalue weighted by molar-refractivity contribution is 5.78. The quantitative estimate of drug-likeness (QED) is 0.553. The van der Waals surface area contributed by atoms with Gasteiger partial charge >= 0.3 is 0 Å². The summed E-state index contributed by atoms with van der Waals surface area (Å²) in [6.45, 7) is 3.59. The molecular weight excluding hydrogens is 457 g/mol. The van der Waals surface area contributed by atoms with Crippen molar-refractivity contribution >= 4 is 5.91 Å². The van der Waals surface area contributed by atoms with E-state index in [-0.39, 0.29) is 12.4 Å². The van der Waals surface area contributed by atoms with Gasteiger partial charge in [0.2, 0.25) is 5.91 Å². The Balaban J connectivity index is 0.000000197. The number of nitrogens with zero attached hydrogens (tertiary/aromatic N) is 5. The number of hydrogen-bond acceptors (Lipinski definition) is 5. The van der Waals surface area contributed by atoms with Crippen LogP contribution in [-0.4, -0.2) is 68.3 Å². The largest absolute Gasteiger partial charge is 0.462 e. The fourth-order valence-electron chi connectivity index (χ4n) is 4.68. The molecule has 2 fully saturated rings. The summed E-state index contributed by atoms with van der Waals surface area (Å²) in [5, 5.41) is 13.2. The van der Waals surface area contributed by atoms with E-state index in [0.29, 0.717) is 18.4 Å². The minimum Gasteiger partial charge on any atom is -0.462 e. The van der Waals surface area contributed by atoms with Crippen molar-refractivity contribution in [3.63, 3.8) is 0 Å². The maximum absolute atomic E-state index is 13.0. The molecule has 7 nitrogen and oxygen atoms in total. The first-order valence-electron chi connectivity index (χ1n) is 12.3. The summed E-state index contributed by atoms with van der Waals surface area (Å²) in [6, 6.07) is 12.6. The highest BCUT2D eigenvalue weighted by Gasteiger charge is 2.29. The van der Waals surface area contributed by atoms with Crippen molar-refractivity contribution in [1.29, 1.82) is 0 Å². The maximum Gasteiger partial charge on any atom is 0.222 e. The molecule has 0 aliphatic carbocycles.